The molecule has 0 amide bonds. The van der Waals surface area contributed by atoms with Gasteiger partial charge in [-0.15, -0.1) is 10.2 Å². The van der Waals surface area contributed by atoms with Crippen LogP contribution in [0.1, 0.15) is 28.4 Å². The standard InChI is InChI=1S/C22H16ClF6N7O3/c1-39-19(37)18-31-15(32-36(18)17-14(22(27,28)29)3-2-9-30-17)11-35-20(38)34(10-8-21(24,25)26)16(33-35)12-4-6-13(23)7-5-12/h2-7,9H,8,10-11H2,1H3. The second-order valence-corrected chi connectivity index (χ2v) is 8.35. The van der Waals surface area contributed by atoms with Crippen molar-refractivity contribution in [3.63, 3.8) is 0 Å². The Bertz CT molecular complexity index is 1560. The van der Waals surface area contributed by atoms with Crippen LogP contribution < -0.4 is 5.69 Å². The minimum atomic E-state index is -4.87. The summed E-state index contributed by atoms with van der Waals surface area (Å²) in [5.74, 6) is -3.11. The number of alkyl halides is 6. The number of carbonyl (C=O) groups is 1. The van der Waals surface area contributed by atoms with Crippen LogP contribution in [0.2, 0.25) is 5.02 Å². The lowest BCUT2D eigenvalue weighted by Crippen LogP contribution is -2.27. The molecule has 10 nitrogen and oxygen atoms in total. The zero-order valence-electron chi connectivity index (χ0n) is 19.7. The molecule has 0 aliphatic carbocycles. The summed E-state index contributed by atoms with van der Waals surface area (Å²) in [5.41, 5.74) is -1.94. The second-order valence-electron chi connectivity index (χ2n) is 7.91. The largest absolute Gasteiger partial charge is 0.463 e. The summed E-state index contributed by atoms with van der Waals surface area (Å²) in [6.07, 6.45) is -9.74. The minimum absolute atomic E-state index is 0.127. The molecule has 0 aliphatic rings. The first-order chi connectivity index (χ1) is 18.3. The van der Waals surface area contributed by atoms with Crippen LogP contribution in [0.15, 0.2) is 47.4 Å². The summed E-state index contributed by atoms with van der Waals surface area (Å²) in [5, 5.41) is 8.33. The number of hydrogen-bond donors (Lipinski definition) is 0. The Labute approximate surface area is 219 Å². The summed E-state index contributed by atoms with van der Waals surface area (Å²) < 4.78 is 86.2. The lowest BCUT2D eigenvalue weighted by Gasteiger charge is -2.11. The van der Waals surface area contributed by atoms with Gasteiger partial charge in [-0.1, -0.05) is 11.6 Å². The molecule has 0 aliphatic heterocycles. The average Bonchev–Trinajstić information content (AvgIpc) is 3.43. The molecule has 4 rings (SSSR count). The monoisotopic (exact) mass is 575 g/mol. The Morgan fingerprint density at radius 2 is 1.74 bits per heavy atom. The highest BCUT2D eigenvalue weighted by Gasteiger charge is 2.36. The summed E-state index contributed by atoms with van der Waals surface area (Å²) in [4.78, 5) is 32.9. The minimum Gasteiger partial charge on any atom is -0.463 e. The van der Waals surface area contributed by atoms with E-state index in [2.05, 4.69) is 24.9 Å². The van der Waals surface area contributed by atoms with Crippen molar-refractivity contribution in [1.82, 2.24) is 34.1 Å². The van der Waals surface area contributed by atoms with Gasteiger partial charge in [0.25, 0.3) is 0 Å². The van der Waals surface area contributed by atoms with Gasteiger partial charge in [0.05, 0.1) is 13.5 Å². The maximum absolute atomic E-state index is 13.6. The van der Waals surface area contributed by atoms with Crippen LogP contribution in [0, 0.1) is 0 Å². The van der Waals surface area contributed by atoms with Crippen LogP contribution in [0.5, 0.6) is 0 Å². The van der Waals surface area contributed by atoms with Crippen LogP contribution in [0.3, 0.4) is 0 Å². The van der Waals surface area contributed by atoms with Crippen molar-refractivity contribution in [2.24, 2.45) is 0 Å². The lowest BCUT2D eigenvalue weighted by molar-refractivity contribution is -0.138. The highest BCUT2D eigenvalue weighted by Crippen LogP contribution is 2.33. The van der Waals surface area contributed by atoms with Crippen molar-refractivity contribution in [2.75, 3.05) is 7.11 Å². The number of esters is 1. The van der Waals surface area contributed by atoms with E-state index in [1.807, 2.05) is 0 Å². The quantitative estimate of drug-likeness (QED) is 0.241. The molecule has 0 saturated carbocycles. The van der Waals surface area contributed by atoms with E-state index in [0.29, 0.717) is 9.70 Å². The van der Waals surface area contributed by atoms with Gasteiger partial charge in [0.2, 0.25) is 5.82 Å². The van der Waals surface area contributed by atoms with Gasteiger partial charge in [0, 0.05) is 23.3 Å². The molecule has 206 valence electrons. The van der Waals surface area contributed by atoms with Crippen LogP contribution in [0.4, 0.5) is 26.3 Å². The number of aromatic nitrogens is 7. The maximum atomic E-state index is 13.6. The summed E-state index contributed by atoms with van der Waals surface area (Å²) in [7, 11) is 0.968. The predicted octanol–water partition coefficient (Wildman–Crippen LogP) is 4.15. The normalized spacial score (nSPS) is 12.1. The van der Waals surface area contributed by atoms with Crippen LogP contribution >= 0.6 is 11.6 Å². The summed E-state index contributed by atoms with van der Waals surface area (Å²) >= 11 is 5.87. The Balaban J connectivity index is 1.80. The van der Waals surface area contributed by atoms with Gasteiger partial charge in [-0.3, -0.25) is 4.57 Å². The van der Waals surface area contributed by atoms with E-state index in [4.69, 9.17) is 11.6 Å². The molecule has 17 heteroatoms. The maximum Gasteiger partial charge on any atom is 0.420 e. The van der Waals surface area contributed by atoms with Gasteiger partial charge in [-0.2, -0.15) is 31.0 Å². The molecule has 0 spiro atoms. The Morgan fingerprint density at radius 1 is 1.05 bits per heavy atom. The third kappa shape index (κ3) is 6.10. The summed E-state index contributed by atoms with van der Waals surface area (Å²) in [6.45, 7) is -1.37. The van der Waals surface area contributed by atoms with Crippen molar-refractivity contribution in [3.05, 3.63) is 75.3 Å². The number of nitrogens with zero attached hydrogens (tertiary/aromatic N) is 7. The highest BCUT2D eigenvalue weighted by molar-refractivity contribution is 6.30. The number of carbonyl (C=O) groups excluding carboxylic acids is 1. The first-order valence-corrected chi connectivity index (χ1v) is 11.2. The van der Waals surface area contributed by atoms with Crippen molar-refractivity contribution in [1.29, 1.82) is 0 Å². The molecule has 3 aromatic heterocycles. The molecule has 0 unspecified atom stereocenters. The highest BCUT2D eigenvalue weighted by atomic mass is 35.5. The number of ether oxygens (including phenoxy) is 1. The van der Waals surface area contributed by atoms with E-state index >= 15 is 0 Å². The Kier molecular flexibility index (Phi) is 7.50. The molecule has 0 saturated heterocycles. The topological polar surface area (TPSA) is 110 Å². The molecular weight excluding hydrogens is 560 g/mol. The van der Waals surface area contributed by atoms with Gasteiger partial charge >= 0.3 is 24.0 Å². The van der Waals surface area contributed by atoms with Gasteiger partial charge in [-0.05, 0) is 36.4 Å². The van der Waals surface area contributed by atoms with E-state index in [9.17, 15) is 35.9 Å². The van der Waals surface area contributed by atoms with E-state index in [-0.39, 0.29) is 17.2 Å². The van der Waals surface area contributed by atoms with Crippen LogP contribution in [-0.4, -0.2) is 53.4 Å². The third-order valence-corrected chi connectivity index (χ3v) is 5.50. The van der Waals surface area contributed by atoms with Crippen molar-refractivity contribution in [2.45, 2.75) is 31.9 Å². The van der Waals surface area contributed by atoms with E-state index in [1.54, 1.807) is 0 Å². The van der Waals surface area contributed by atoms with Crippen LogP contribution in [-0.2, 0) is 24.0 Å². The number of methoxy groups -OCH3 is 1. The molecule has 3 heterocycles. The second kappa shape index (κ2) is 10.5. The van der Waals surface area contributed by atoms with E-state index in [1.165, 1.54) is 24.3 Å². The van der Waals surface area contributed by atoms with Gasteiger partial charge in [-0.25, -0.2) is 24.2 Å². The molecule has 39 heavy (non-hydrogen) atoms. The Hall–Kier alpha value is -4.21. The molecule has 0 fully saturated rings. The van der Waals surface area contributed by atoms with Crippen molar-refractivity contribution < 1.29 is 35.9 Å². The number of halogens is 7. The number of benzene rings is 1. The lowest BCUT2D eigenvalue weighted by atomic mass is 10.2. The van der Waals surface area contributed by atoms with Gasteiger partial charge < -0.3 is 4.74 Å². The molecular formula is C22H16ClF6N7O3. The van der Waals surface area contributed by atoms with Crippen LogP contribution in [0.25, 0.3) is 17.2 Å². The van der Waals surface area contributed by atoms with E-state index in [0.717, 1.165) is 34.7 Å². The van der Waals surface area contributed by atoms with E-state index < -0.39 is 60.7 Å². The van der Waals surface area contributed by atoms with Crippen molar-refractivity contribution >= 4 is 17.6 Å². The smallest absolute Gasteiger partial charge is 0.420 e. The zero-order valence-corrected chi connectivity index (χ0v) is 20.4. The molecule has 0 N–H and O–H groups in total. The Morgan fingerprint density at radius 3 is 2.36 bits per heavy atom. The molecule has 4 aromatic rings. The molecule has 1 aromatic carbocycles. The number of rotatable bonds is 7. The zero-order chi connectivity index (χ0) is 28.5. The summed E-state index contributed by atoms with van der Waals surface area (Å²) in [6, 6.07) is 7.54. The molecule has 0 atom stereocenters. The van der Waals surface area contributed by atoms with Gasteiger partial charge in [0.1, 0.15) is 12.1 Å². The SMILES string of the molecule is COC(=O)c1nc(Cn2nc(-c3ccc(Cl)cc3)n(CCC(F)(F)F)c2=O)nn1-c1ncccc1C(F)(F)F. The first kappa shape index (κ1) is 27.8. The average molecular weight is 576 g/mol. The fraction of sp³-hybridized carbons (Fsp3) is 0.273. The number of hydrogen-bond acceptors (Lipinski definition) is 7. The number of pyridine rings is 1. The fourth-order valence-electron chi connectivity index (χ4n) is 3.51. The van der Waals surface area contributed by atoms with Gasteiger partial charge in [0.15, 0.2) is 17.5 Å². The first-order valence-electron chi connectivity index (χ1n) is 10.9. The van der Waals surface area contributed by atoms with Crippen molar-refractivity contribution in [3.8, 4) is 17.2 Å². The fourth-order valence-corrected chi connectivity index (χ4v) is 3.64. The predicted molar refractivity (Wildman–Crippen MR) is 122 cm³/mol. The molecule has 0 bridgehead atoms. The molecule has 0 radical (unpaired) electrons. The third-order valence-electron chi connectivity index (χ3n) is 5.25.